The molecule has 0 aliphatic heterocycles. The molecule has 2 atom stereocenters. The molecule has 9 nitrogen and oxygen atoms in total. The average Bonchev–Trinajstić information content (AvgIpc) is 3.07. The van der Waals surface area contributed by atoms with Crippen LogP contribution in [0.25, 0.3) is 0 Å². The van der Waals surface area contributed by atoms with E-state index >= 15 is 0 Å². The van der Waals surface area contributed by atoms with Gasteiger partial charge in [0.15, 0.2) is 28.2 Å². The molecule has 0 radical (unpaired) electrons. The molecule has 47 heavy (non-hydrogen) atoms. The molecule has 1 fully saturated rings. The van der Waals surface area contributed by atoms with Gasteiger partial charge < -0.3 is 15.2 Å². The number of phenolic OH excluding ortho intramolecular Hbond substituents is 1. The lowest BCUT2D eigenvalue weighted by atomic mass is 9.84. The second-order valence-corrected chi connectivity index (χ2v) is 13.1. The molecule has 0 spiro atoms. The normalized spacial score (nSPS) is 15.3. The van der Waals surface area contributed by atoms with Crippen molar-refractivity contribution in [2.75, 3.05) is 11.9 Å². The Morgan fingerprint density at radius 1 is 0.979 bits per heavy atom. The van der Waals surface area contributed by atoms with Gasteiger partial charge in [0.05, 0.1) is 12.7 Å². The number of hydrogen-bond acceptors (Lipinski definition) is 6. The number of rotatable bonds is 10. The number of anilines is 1. The van der Waals surface area contributed by atoms with Gasteiger partial charge in [0.1, 0.15) is 17.4 Å². The van der Waals surface area contributed by atoms with Crippen LogP contribution in [0.1, 0.15) is 66.4 Å². The molecule has 0 saturated heterocycles. The first-order valence-corrected chi connectivity index (χ1v) is 16.0. The SMILES string of the molecule is C=C[NH+]([O-])C(=O)c1ccc(N(Cc2ccc(C3CCCCC3)cc2)C(=O)[C@@H](C)N(C)S(=O)(=O)c2c(F)c(F)c(F)c(F)c2F)cc1O. The summed E-state index contributed by atoms with van der Waals surface area (Å²) in [5.74, 6) is -15.1. The molecule has 3 aromatic rings. The Balaban J connectivity index is 1.73. The van der Waals surface area contributed by atoms with Gasteiger partial charge in [0.25, 0.3) is 0 Å². The zero-order chi connectivity index (χ0) is 34.8. The van der Waals surface area contributed by atoms with Gasteiger partial charge in [0.2, 0.25) is 21.7 Å². The highest BCUT2D eigenvalue weighted by Crippen LogP contribution is 2.34. The van der Waals surface area contributed by atoms with E-state index in [-0.39, 0.29) is 16.5 Å². The predicted molar refractivity (Wildman–Crippen MR) is 161 cm³/mol. The van der Waals surface area contributed by atoms with Gasteiger partial charge in [-0.3, -0.25) is 9.86 Å². The van der Waals surface area contributed by atoms with Gasteiger partial charge in [-0.1, -0.05) is 43.5 Å². The summed E-state index contributed by atoms with van der Waals surface area (Å²) in [6.45, 7) is 4.03. The summed E-state index contributed by atoms with van der Waals surface area (Å²) in [7, 11) is -4.77. The highest BCUT2D eigenvalue weighted by molar-refractivity contribution is 7.89. The lowest BCUT2D eigenvalue weighted by molar-refractivity contribution is -0.694. The van der Waals surface area contributed by atoms with Crippen molar-refractivity contribution in [3.05, 3.63) is 106 Å². The summed E-state index contributed by atoms with van der Waals surface area (Å²) in [5.41, 5.74) is 1.18. The van der Waals surface area contributed by atoms with Gasteiger partial charge in [-0.25, -0.2) is 35.2 Å². The molecule has 3 aromatic carbocycles. The van der Waals surface area contributed by atoms with Crippen LogP contribution >= 0.6 is 0 Å². The number of halogens is 5. The van der Waals surface area contributed by atoms with Crippen LogP contribution in [0.2, 0.25) is 0 Å². The summed E-state index contributed by atoms with van der Waals surface area (Å²) >= 11 is 0. The number of carbonyl (C=O) groups is 2. The van der Waals surface area contributed by atoms with Crippen molar-refractivity contribution >= 4 is 27.5 Å². The Kier molecular flexibility index (Phi) is 10.8. The van der Waals surface area contributed by atoms with E-state index in [1.165, 1.54) is 6.07 Å². The molecule has 15 heteroatoms. The Morgan fingerprint density at radius 2 is 1.53 bits per heavy atom. The number of sulfonamides is 1. The molecular formula is C32H32F5N3O6S. The first-order valence-electron chi connectivity index (χ1n) is 14.6. The Morgan fingerprint density at radius 3 is 2.06 bits per heavy atom. The molecule has 4 rings (SSSR count). The standard InChI is InChI=1S/C32H32F5N3O6S/c1-4-40(44)32(43)23-15-14-22(16-24(23)41)39(17-19-10-12-21(13-11-19)20-8-6-5-7-9-20)31(42)18(2)38(3)47(45,46)30-28(36)26(34)25(33)27(35)29(30)37/h4,10-16,18,20,40-41H,1,5-9,17H2,2-3H3/t18-/m1/s1. The van der Waals surface area contributed by atoms with Gasteiger partial charge in [0, 0.05) is 18.8 Å². The molecule has 0 aromatic heterocycles. The number of phenols is 1. The van der Waals surface area contributed by atoms with E-state index in [9.17, 15) is 50.3 Å². The van der Waals surface area contributed by atoms with Gasteiger partial charge in [-0.15, -0.1) is 0 Å². The number of hydroxylamine groups is 2. The van der Waals surface area contributed by atoms with Crippen LogP contribution < -0.4 is 9.96 Å². The molecule has 2 amide bonds. The molecular weight excluding hydrogens is 649 g/mol. The molecule has 1 saturated carbocycles. The van der Waals surface area contributed by atoms with E-state index < -0.39 is 78.2 Å². The Hall–Kier alpha value is -4.18. The highest BCUT2D eigenvalue weighted by atomic mass is 32.2. The molecule has 0 bridgehead atoms. The zero-order valence-electron chi connectivity index (χ0n) is 25.4. The third kappa shape index (κ3) is 7.07. The minimum Gasteiger partial charge on any atom is -0.621 e. The molecule has 1 aliphatic carbocycles. The summed E-state index contributed by atoms with van der Waals surface area (Å²) in [6, 6.07) is 8.78. The van der Waals surface area contributed by atoms with Crippen LogP contribution in [0.4, 0.5) is 27.6 Å². The number of aromatic hydroxyl groups is 1. The summed E-state index contributed by atoms with van der Waals surface area (Å²) < 4.78 is 97.0. The maximum absolute atomic E-state index is 14.5. The number of amides is 2. The fourth-order valence-corrected chi connectivity index (χ4v) is 6.89. The summed E-state index contributed by atoms with van der Waals surface area (Å²) in [5, 5.41) is 21.4. The largest absolute Gasteiger partial charge is 0.621 e. The van der Waals surface area contributed by atoms with Crippen LogP contribution in [0.15, 0.2) is 60.1 Å². The second-order valence-electron chi connectivity index (χ2n) is 11.2. The minimum atomic E-state index is -5.50. The monoisotopic (exact) mass is 681 g/mol. The van der Waals surface area contributed by atoms with E-state index in [1.807, 2.05) is 12.1 Å². The Bertz CT molecular complexity index is 1770. The van der Waals surface area contributed by atoms with E-state index in [1.54, 1.807) is 12.1 Å². The third-order valence-electron chi connectivity index (χ3n) is 8.32. The van der Waals surface area contributed by atoms with Gasteiger partial charge >= 0.3 is 5.91 Å². The van der Waals surface area contributed by atoms with E-state index in [0.29, 0.717) is 11.5 Å². The van der Waals surface area contributed by atoms with E-state index in [2.05, 4.69) is 6.58 Å². The van der Waals surface area contributed by atoms with Crippen molar-refractivity contribution in [3.63, 3.8) is 0 Å². The number of nitrogens with one attached hydrogen (secondary N) is 1. The van der Waals surface area contributed by atoms with Gasteiger partial charge in [-0.2, -0.15) is 4.31 Å². The topological polar surface area (TPSA) is 122 Å². The van der Waals surface area contributed by atoms with Crippen LogP contribution in [0, 0.1) is 34.3 Å². The van der Waals surface area contributed by atoms with Crippen LogP contribution in [-0.4, -0.2) is 42.7 Å². The van der Waals surface area contributed by atoms with E-state index in [4.69, 9.17) is 0 Å². The second kappa shape index (κ2) is 14.3. The van der Waals surface area contributed by atoms with Crippen molar-refractivity contribution in [2.24, 2.45) is 0 Å². The first-order chi connectivity index (χ1) is 22.1. The molecule has 1 aliphatic rings. The first kappa shape index (κ1) is 35.7. The summed E-state index contributed by atoms with van der Waals surface area (Å²) in [4.78, 5) is 25.2. The molecule has 1 unspecified atom stereocenters. The van der Waals surface area contributed by atoms with Crippen LogP contribution in [0.5, 0.6) is 5.75 Å². The van der Waals surface area contributed by atoms with E-state index in [0.717, 1.165) is 74.9 Å². The zero-order valence-corrected chi connectivity index (χ0v) is 26.2. The number of benzene rings is 3. The highest BCUT2D eigenvalue weighted by Gasteiger charge is 2.40. The predicted octanol–water partition coefficient (Wildman–Crippen LogP) is 5.04. The molecule has 0 heterocycles. The van der Waals surface area contributed by atoms with Crippen LogP contribution in [-0.2, 0) is 21.4 Å². The quantitative estimate of drug-likeness (QED) is 0.134. The summed E-state index contributed by atoms with van der Waals surface area (Å²) in [6.07, 6.45) is 6.19. The number of nitrogens with zero attached hydrogens (tertiary/aromatic N) is 2. The number of quaternary nitrogens is 1. The van der Waals surface area contributed by atoms with Crippen molar-refractivity contribution in [1.29, 1.82) is 0 Å². The smallest absolute Gasteiger partial charge is 0.352 e. The maximum atomic E-state index is 14.5. The average molecular weight is 682 g/mol. The maximum Gasteiger partial charge on any atom is 0.352 e. The van der Waals surface area contributed by atoms with Crippen LogP contribution in [0.3, 0.4) is 0 Å². The third-order valence-corrected chi connectivity index (χ3v) is 10.3. The molecule has 2 N–H and O–H groups in total. The number of hydrogen-bond donors (Lipinski definition) is 2. The van der Waals surface area contributed by atoms with Crippen molar-refractivity contribution in [2.45, 2.75) is 62.4 Å². The molecule has 252 valence electrons. The lowest BCUT2D eigenvalue weighted by Gasteiger charge is -2.31. The Labute approximate surface area is 268 Å². The number of carbonyl (C=O) groups excluding carboxylic acids is 2. The van der Waals surface area contributed by atoms with Crippen molar-refractivity contribution < 1.29 is 50.1 Å². The van der Waals surface area contributed by atoms with Crippen molar-refractivity contribution in [1.82, 2.24) is 4.31 Å². The fourth-order valence-electron chi connectivity index (χ4n) is 5.46. The number of likely N-dealkylation sites (N-methyl/N-ethyl adjacent to an activating group) is 1. The lowest BCUT2D eigenvalue weighted by Crippen LogP contribution is -3.05. The van der Waals surface area contributed by atoms with Crippen molar-refractivity contribution in [3.8, 4) is 5.75 Å². The van der Waals surface area contributed by atoms with Gasteiger partial charge in [-0.05, 0) is 55.5 Å². The fraction of sp³-hybridized carbons (Fsp3) is 0.312. The minimum absolute atomic E-state index is 0.0691.